The Balaban J connectivity index is 1.51. The van der Waals surface area contributed by atoms with Gasteiger partial charge >= 0.3 is 0 Å². The van der Waals surface area contributed by atoms with Gasteiger partial charge in [-0.2, -0.15) is 13.4 Å². The lowest BCUT2D eigenvalue weighted by molar-refractivity contribution is -0.118. The number of amides is 1. The number of carbonyl (C=O) groups excluding carboxylic acids is 1. The highest BCUT2D eigenvalue weighted by atomic mass is 32.2. The molecule has 12 nitrogen and oxygen atoms in total. The van der Waals surface area contributed by atoms with Gasteiger partial charge in [-0.1, -0.05) is 31.5 Å². The second-order valence-corrected chi connectivity index (χ2v) is 9.98. The van der Waals surface area contributed by atoms with Crippen molar-refractivity contribution < 1.29 is 27.2 Å². The number of aromatic nitrogens is 4. The Morgan fingerprint density at radius 2 is 2.06 bits per heavy atom. The van der Waals surface area contributed by atoms with E-state index < -0.39 is 40.7 Å². The topological polar surface area (TPSA) is 165 Å². The predicted octanol–water partition coefficient (Wildman–Crippen LogP) is 1.08. The molecule has 0 aliphatic carbocycles. The number of nitrogens with one attached hydrogen (secondary N) is 2. The lowest BCUT2D eigenvalue weighted by atomic mass is 10.2. The third-order valence-electron chi connectivity index (χ3n) is 5.41. The summed E-state index contributed by atoms with van der Waals surface area (Å²) in [5.74, 6) is -0.690. The highest BCUT2D eigenvalue weighted by molar-refractivity contribution is 7.86. The summed E-state index contributed by atoms with van der Waals surface area (Å²) in [4.78, 5) is 35.1. The number of imidazole rings is 1. The number of nitrogens with zero attached hydrogens (tertiary/aromatic N) is 3. The van der Waals surface area contributed by atoms with Gasteiger partial charge in [0.15, 0.2) is 11.2 Å². The average molecular weight is 492 g/mol. The van der Waals surface area contributed by atoms with Gasteiger partial charge in [-0.3, -0.25) is 28.6 Å². The van der Waals surface area contributed by atoms with Crippen LogP contribution in [0.2, 0.25) is 0 Å². The molecule has 0 bridgehead atoms. The molecule has 1 unspecified atom stereocenters. The van der Waals surface area contributed by atoms with Crippen LogP contribution in [0.15, 0.2) is 40.3 Å². The first-order chi connectivity index (χ1) is 16.0. The van der Waals surface area contributed by atoms with Crippen LogP contribution in [0.5, 0.6) is 0 Å². The number of aryl methyl sites for hydroxylation is 1. The van der Waals surface area contributed by atoms with Crippen LogP contribution in [-0.4, -0.2) is 57.8 Å². The van der Waals surface area contributed by atoms with Crippen molar-refractivity contribution in [3.8, 4) is 0 Å². The van der Waals surface area contributed by atoms with Gasteiger partial charge in [0.05, 0.1) is 23.9 Å². The van der Waals surface area contributed by atoms with E-state index in [1.807, 2.05) is 6.92 Å². The molecule has 1 aliphatic rings. The van der Waals surface area contributed by atoms with Gasteiger partial charge in [0.1, 0.15) is 12.3 Å². The van der Waals surface area contributed by atoms with E-state index >= 15 is 0 Å². The summed E-state index contributed by atoms with van der Waals surface area (Å²) < 4.78 is 37.3. The van der Waals surface area contributed by atoms with E-state index in [9.17, 15) is 23.1 Å². The molecule has 0 radical (unpaired) electrons. The average Bonchev–Trinajstić information content (AvgIpc) is 3.36. The Kier molecular flexibility index (Phi) is 6.53. The Labute approximate surface area is 195 Å². The molecule has 0 spiro atoms. The van der Waals surface area contributed by atoms with Crippen LogP contribution >= 0.6 is 0 Å². The molecule has 1 aromatic carbocycles. The van der Waals surface area contributed by atoms with Crippen LogP contribution in [0.1, 0.15) is 32.1 Å². The molecular formula is C21H25N5O7S. The van der Waals surface area contributed by atoms with Crippen molar-refractivity contribution in [1.82, 2.24) is 19.5 Å². The lowest BCUT2D eigenvalue weighted by Crippen LogP contribution is -2.28. The monoisotopic (exact) mass is 491 g/mol. The highest BCUT2D eigenvalue weighted by Gasteiger charge is 2.37. The number of hydrogen-bond acceptors (Lipinski definition) is 9. The fourth-order valence-corrected chi connectivity index (χ4v) is 4.34. The van der Waals surface area contributed by atoms with Gasteiger partial charge in [-0.25, -0.2) is 4.98 Å². The molecular weight excluding hydrogens is 466 g/mol. The number of aliphatic hydroxyl groups is 1. The number of H-pyrrole nitrogens is 1. The minimum absolute atomic E-state index is 0.00198. The lowest BCUT2D eigenvalue weighted by Gasteiger charge is -2.16. The van der Waals surface area contributed by atoms with Crippen LogP contribution in [-0.2, 0) is 23.8 Å². The van der Waals surface area contributed by atoms with E-state index in [0.29, 0.717) is 0 Å². The fraction of sp³-hybridized carbons (Fsp3) is 0.429. The maximum Gasteiger partial charge on any atom is 0.297 e. The van der Waals surface area contributed by atoms with Crippen molar-refractivity contribution in [1.29, 1.82) is 0 Å². The quantitative estimate of drug-likeness (QED) is 0.410. The Bertz CT molecular complexity index is 1360. The number of rotatable bonds is 7. The number of fused-ring (bicyclic) bond motifs is 1. The summed E-state index contributed by atoms with van der Waals surface area (Å²) in [6.45, 7) is 4.84. The summed E-state index contributed by atoms with van der Waals surface area (Å²) >= 11 is 0. The summed E-state index contributed by atoms with van der Waals surface area (Å²) in [5, 5.41) is 13.0. The zero-order chi connectivity index (χ0) is 24.6. The van der Waals surface area contributed by atoms with Crippen molar-refractivity contribution in [2.75, 3.05) is 11.9 Å². The molecule has 13 heteroatoms. The second kappa shape index (κ2) is 9.25. The zero-order valence-electron chi connectivity index (χ0n) is 18.8. The van der Waals surface area contributed by atoms with Crippen molar-refractivity contribution in [3.05, 3.63) is 46.5 Å². The molecule has 1 saturated heterocycles. The van der Waals surface area contributed by atoms with Crippen molar-refractivity contribution in [2.45, 2.75) is 50.5 Å². The van der Waals surface area contributed by atoms with Crippen LogP contribution < -0.4 is 10.9 Å². The number of anilines is 1. The van der Waals surface area contributed by atoms with Crippen LogP contribution in [0.4, 0.5) is 5.95 Å². The largest absolute Gasteiger partial charge is 0.390 e. The maximum absolute atomic E-state index is 12.4. The number of aromatic amines is 1. The molecule has 1 aliphatic heterocycles. The van der Waals surface area contributed by atoms with E-state index in [0.717, 1.165) is 5.56 Å². The van der Waals surface area contributed by atoms with E-state index in [1.54, 1.807) is 26.0 Å². The van der Waals surface area contributed by atoms with Gasteiger partial charge in [0.2, 0.25) is 11.9 Å². The molecule has 3 N–H and O–H groups in total. The van der Waals surface area contributed by atoms with Gasteiger partial charge in [0.25, 0.3) is 15.7 Å². The molecule has 3 heterocycles. The predicted molar refractivity (Wildman–Crippen MR) is 120 cm³/mol. The van der Waals surface area contributed by atoms with Gasteiger partial charge in [-0.05, 0) is 19.1 Å². The Morgan fingerprint density at radius 3 is 2.74 bits per heavy atom. The molecule has 2 aromatic heterocycles. The number of aliphatic hydroxyl groups excluding tert-OH is 1. The smallest absolute Gasteiger partial charge is 0.297 e. The molecule has 3 atom stereocenters. The summed E-state index contributed by atoms with van der Waals surface area (Å²) in [6.07, 6.45) is -1.32. The van der Waals surface area contributed by atoms with Crippen molar-refractivity contribution >= 4 is 33.1 Å². The molecule has 4 rings (SSSR count). The molecule has 1 amide bonds. The SMILES string of the molecule is Cc1ccc(S(=O)(=O)OC[C@H]2O[C@@H](n3cnc4c(=O)[nH]c(NC(=O)C(C)C)nc43)CC2O)cc1. The first-order valence-electron chi connectivity index (χ1n) is 10.6. The standard InChI is InChI=1S/C21H25N5O7S/c1-11(2)19(28)24-21-23-18-17(20(29)25-21)22-10-26(18)16-8-14(27)15(33-16)9-32-34(30,31)13-6-4-12(3)5-7-13/h4-7,10-11,14-16,27H,8-9H2,1-3H3,(H2,23,24,25,28,29)/t14?,15-,16-/m1/s1. The molecule has 34 heavy (non-hydrogen) atoms. The summed E-state index contributed by atoms with van der Waals surface area (Å²) in [6, 6.07) is 6.19. The fourth-order valence-electron chi connectivity index (χ4n) is 3.42. The van der Waals surface area contributed by atoms with E-state index in [-0.39, 0.29) is 40.3 Å². The Hall–Kier alpha value is -3.13. The number of ether oxygens (including phenoxy) is 1. The normalized spacial score (nSPS) is 20.8. The molecule has 3 aromatic rings. The minimum Gasteiger partial charge on any atom is -0.390 e. The number of hydrogen-bond donors (Lipinski definition) is 3. The maximum atomic E-state index is 12.4. The van der Waals surface area contributed by atoms with Crippen LogP contribution in [0, 0.1) is 12.8 Å². The first kappa shape index (κ1) is 24.0. The van der Waals surface area contributed by atoms with Crippen LogP contribution in [0.25, 0.3) is 11.2 Å². The van der Waals surface area contributed by atoms with Gasteiger partial charge < -0.3 is 9.84 Å². The second-order valence-electron chi connectivity index (χ2n) is 8.37. The summed E-state index contributed by atoms with van der Waals surface area (Å²) in [5.41, 5.74) is 0.532. The number of benzene rings is 1. The van der Waals surface area contributed by atoms with E-state index in [4.69, 9.17) is 8.92 Å². The Morgan fingerprint density at radius 1 is 1.35 bits per heavy atom. The number of carbonyl (C=O) groups is 1. The van der Waals surface area contributed by atoms with E-state index in [2.05, 4.69) is 20.3 Å². The molecule has 0 saturated carbocycles. The van der Waals surface area contributed by atoms with E-state index in [1.165, 1.54) is 23.0 Å². The minimum atomic E-state index is -4.03. The van der Waals surface area contributed by atoms with Gasteiger partial charge in [-0.15, -0.1) is 0 Å². The molecule has 1 fully saturated rings. The first-order valence-corrected chi connectivity index (χ1v) is 12.0. The van der Waals surface area contributed by atoms with Crippen molar-refractivity contribution in [3.63, 3.8) is 0 Å². The van der Waals surface area contributed by atoms with Crippen molar-refractivity contribution in [2.24, 2.45) is 5.92 Å². The van der Waals surface area contributed by atoms with Gasteiger partial charge in [0, 0.05) is 12.3 Å². The third kappa shape index (κ3) is 4.87. The third-order valence-corrected chi connectivity index (χ3v) is 6.71. The highest BCUT2D eigenvalue weighted by Crippen LogP contribution is 2.31. The summed E-state index contributed by atoms with van der Waals surface area (Å²) in [7, 11) is -4.03. The molecule has 182 valence electrons. The zero-order valence-corrected chi connectivity index (χ0v) is 19.6. The van der Waals surface area contributed by atoms with Crippen LogP contribution in [0.3, 0.4) is 0 Å².